The van der Waals surface area contributed by atoms with Gasteiger partial charge in [-0.3, -0.25) is 9.58 Å². The number of piperidine rings is 1. The average Bonchev–Trinajstić information content (AvgIpc) is 2.73. The van der Waals surface area contributed by atoms with Crippen molar-refractivity contribution < 1.29 is 0 Å². The Labute approximate surface area is 115 Å². The van der Waals surface area contributed by atoms with Gasteiger partial charge in [-0.2, -0.15) is 5.10 Å². The molecule has 0 saturated carbocycles. The molecule has 3 heterocycles. The normalized spacial score (nSPS) is 24.5. The molecule has 1 aromatic rings. The number of rotatable bonds is 2. The summed E-state index contributed by atoms with van der Waals surface area (Å²) in [6.45, 7) is 6.73. The molecular weight excluding hydrogens is 238 g/mol. The van der Waals surface area contributed by atoms with Gasteiger partial charge in [-0.15, -0.1) is 0 Å². The SMILES string of the molecule is CCc1nn(C)c(N2CCN3CCCCC3C2)c1N. The number of hydrogen-bond donors (Lipinski definition) is 1. The quantitative estimate of drug-likeness (QED) is 0.872. The molecule has 5 nitrogen and oxygen atoms in total. The fraction of sp³-hybridized carbons (Fsp3) is 0.786. The van der Waals surface area contributed by atoms with Crippen LogP contribution < -0.4 is 10.6 Å². The maximum atomic E-state index is 6.27. The fourth-order valence-electron chi connectivity index (χ4n) is 3.57. The molecule has 1 aromatic heterocycles. The molecule has 0 aromatic carbocycles. The topological polar surface area (TPSA) is 50.3 Å². The molecule has 106 valence electrons. The average molecular weight is 263 g/mol. The second kappa shape index (κ2) is 5.04. The summed E-state index contributed by atoms with van der Waals surface area (Å²) in [5.74, 6) is 1.13. The van der Waals surface area contributed by atoms with Gasteiger partial charge in [-0.25, -0.2) is 0 Å². The fourth-order valence-corrected chi connectivity index (χ4v) is 3.57. The van der Waals surface area contributed by atoms with Crippen molar-refractivity contribution >= 4 is 11.5 Å². The van der Waals surface area contributed by atoms with Crippen LogP contribution in [0, 0.1) is 0 Å². The summed E-state index contributed by atoms with van der Waals surface area (Å²) in [5, 5.41) is 4.54. The molecule has 2 fully saturated rings. The third-order valence-corrected chi connectivity index (χ3v) is 4.60. The molecule has 2 N–H and O–H groups in total. The molecule has 19 heavy (non-hydrogen) atoms. The van der Waals surface area contributed by atoms with Crippen LogP contribution in [0.1, 0.15) is 31.9 Å². The van der Waals surface area contributed by atoms with Crippen LogP contribution in [-0.4, -0.2) is 46.9 Å². The molecule has 1 atom stereocenters. The monoisotopic (exact) mass is 263 g/mol. The van der Waals surface area contributed by atoms with Crippen LogP contribution in [0.2, 0.25) is 0 Å². The molecular formula is C14H25N5. The first-order valence-electron chi connectivity index (χ1n) is 7.51. The number of nitrogens with two attached hydrogens (primary N) is 1. The third kappa shape index (κ3) is 2.20. The van der Waals surface area contributed by atoms with Crippen molar-refractivity contribution in [2.75, 3.05) is 36.8 Å². The molecule has 0 bridgehead atoms. The second-order valence-corrected chi connectivity index (χ2v) is 5.79. The van der Waals surface area contributed by atoms with Gasteiger partial charge in [0, 0.05) is 32.7 Å². The molecule has 0 radical (unpaired) electrons. The van der Waals surface area contributed by atoms with Gasteiger partial charge in [0.15, 0.2) is 5.82 Å². The number of nitrogen functional groups attached to an aromatic ring is 1. The summed E-state index contributed by atoms with van der Waals surface area (Å²) in [5.41, 5.74) is 8.19. The van der Waals surface area contributed by atoms with Crippen LogP contribution in [0.5, 0.6) is 0 Å². The zero-order valence-corrected chi connectivity index (χ0v) is 12.1. The van der Waals surface area contributed by atoms with E-state index in [9.17, 15) is 0 Å². The van der Waals surface area contributed by atoms with Crippen LogP contribution >= 0.6 is 0 Å². The van der Waals surface area contributed by atoms with E-state index in [-0.39, 0.29) is 0 Å². The van der Waals surface area contributed by atoms with Crippen LogP contribution in [0.4, 0.5) is 11.5 Å². The van der Waals surface area contributed by atoms with Gasteiger partial charge in [0.2, 0.25) is 0 Å². The van der Waals surface area contributed by atoms with Crippen molar-refractivity contribution in [3.63, 3.8) is 0 Å². The Kier molecular flexibility index (Phi) is 3.39. The van der Waals surface area contributed by atoms with Crippen molar-refractivity contribution in [3.05, 3.63) is 5.69 Å². The smallest absolute Gasteiger partial charge is 0.150 e. The van der Waals surface area contributed by atoms with Crippen molar-refractivity contribution in [2.24, 2.45) is 7.05 Å². The van der Waals surface area contributed by atoms with E-state index >= 15 is 0 Å². The van der Waals surface area contributed by atoms with E-state index < -0.39 is 0 Å². The number of fused-ring (bicyclic) bond motifs is 1. The van der Waals surface area contributed by atoms with Crippen LogP contribution in [0.15, 0.2) is 0 Å². The number of anilines is 2. The predicted molar refractivity (Wildman–Crippen MR) is 78.4 cm³/mol. The van der Waals surface area contributed by atoms with E-state index in [0.29, 0.717) is 6.04 Å². The second-order valence-electron chi connectivity index (χ2n) is 5.79. The van der Waals surface area contributed by atoms with Crippen LogP contribution in [0.25, 0.3) is 0 Å². The molecule has 0 aliphatic carbocycles. The summed E-state index contributed by atoms with van der Waals surface area (Å²) in [6, 6.07) is 0.710. The van der Waals surface area contributed by atoms with Crippen molar-refractivity contribution in [2.45, 2.75) is 38.6 Å². The van der Waals surface area contributed by atoms with E-state index in [1.165, 1.54) is 25.8 Å². The summed E-state index contributed by atoms with van der Waals surface area (Å²) < 4.78 is 1.96. The number of aryl methyl sites for hydroxylation is 2. The molecule has 2 aliphatic heterocycles. The Morgan fingerprint density at radius 3 is 2.84 bits per heavy atom. The van der Waals surface area contributed by atoms with Crippen LogP contribution in [0.3, 0.4) is 0 Å². The lowest BCUT2D eigenvalue weighted by atomic mass is 9.99. The van der Waals surface area contributed by atoms with Crippen molar-refractivity contribution in [3.8, 4) is 0 Å². The molecule has 1 unspecified atom stereocenters. The number of hydrogen-bond acceptors (Lipinski definition) is 4. The number of nitrogens with zero attached hydrogens (tertiary/aromatic N) is 4. The Balaban J connectivity index is 1.81. The highest BCUT2D eigenvalue weighted by Crippen LogP contribution is 2.30. The summed E-state index contributed by atoms with van der Waals surface area (Å²) in [4.78, 5) is 5.08. The lowest BCUT2D eigenvalue weighted by Crippen LogP contribution is -2.55. The third-order valence-electron chi connectivity index (χ3n) is 4.60. The maximum Gasteiger partial charge on any atom is 0.150 e. The summed E-state index contributed by atoms with van der Waals surface area (Å²) in [6.07, 6.45) is 4.97. The minimum Gasteiger partial charge on any atom is -0.394 e. The standard InChI is InChI=1S/C14H25N5/c1-3-12-13(15)14(17(2)16-12)19-9-8-18-7-5-4-6-11(18)10-19/h11H,3-10,15H2,1-2H3. The highest BCUT2D eigenvalue weighted by Gasteiger charge is 2.31. The number of aromatic nitrogens is 2. The van der Waals surface area contributed by atoms with E-state index in [0.717, 1.165) is 43.3 Å². The van der Waals surface area contributed by atoms with E-state index in [1.54, 1.807) is 0 Å². The van der Waals surface area contributed by atoms with Gasteiger partial charge in [0.25, 0.3) is 0 Å². The maximum absolute atomic E-state index is 6.27. The highest BCUT2D eigenvalue weighted by molar-refractivity contribution is 5.66. The summed E-state index contributed by atoms with van der Waals surface area (Å²) >= 11 is 0. The minimum absolute atomic E-state index is 0.710. The van der Waals surface area contributed by atoms with Gasteiger partial charge in [0.05, 0.1) is 11.4 Å². The first kappa shape index (κ1) is 12.8. The van der Waals surface area contributed by atoms with E-state index in [2.05, 4.69) is 21.8 Å². The van der Waals surface area contributed by atoms with E-state index in [4.69, 9.17) is 5.73 Å². The first-order valence-corrected chi connectivity index (χ1v) is 7.51. The van der Waals surface area contributed by atoms with Gasteiger partial charge in [-0.1, -0.05) is 13.3 Å². The lowest BCUT2D eigenvalue weighted by molar-refractivity contribution is 0.133. The van der Waals surface area contributed by atoms with E-state index in [1.807, 2.05) is 11.7 Å². The molecule has 0 amide bonds. The van der Waals surface area contributed by atoms with Gasteiger partial charge < -0.3 is 10.6 Å². The van der Waals surface area contributed by atoms with Crippen LogP contribution in [-0.2, 0) is 13.5 Å². The summed E-state index contributed by atoms with van der Waals surface area (Å²) in [7, 11) is 2.01. The molecule has 3 rings (SSSR count). The first-order chi connectivity index (χ1) is 9.20. The molecule has 0 spiro atoms. The van der Waals surface area contributed by atoms with Crippen molar-refractivity contribution in [1.29, 1.82) is 0 Å². The highest BCUT2D eigenvalue weighted by atomic mass is 15.4. The number of piperazine rings is 1. The zero-order chi connectivity index (χ0) is 13.4. The van der Waals surface area contributed by atoms with Gasteiger partial charge in [0.1, 0.15) is 0 Å². The molecule has 5 heteroatoms. The minimum atomic E-state index is 0.710. The Hall–Kier alpha value is -1.23. The Bertz CT molecular complexity index is 453. The molecule has 2 saturated heterocycles. The Morgan fingerprint density at radius 2 is 2.11 bits per heavy atom. The van der Waals surface area contributed by atoms with Crippen molar-refractivity contribution in [1.82, 2.24) is 14.7 Å². The van der Waals surface area contributed by atoms with Gasteiger partial charge in [-0.05, 0) is 25.8 Å². The zero-order valence-electron chi connectivity index (χ0n) is 12.1. The lowest BCUT2D eigenvalue weighted by Gasteiger charge is -2.44. The molecule has 2 aliphatic rings. The van der Waals surface area contributed by atoms with Gasteiger partial charge >= 0.3 is 0 Å². The predicted octanol–water partition coefficient (Wildman–Crippen LogP) is 1.24. The Morgan fingerprint density at radius 1 is 1.26 bits per heavy atom. The largest absolute Gasteiger partial charge is 0.394 e.